The summed E-state index contributed by atoms with van der Waals surface area (Å²) in [4.78, 5) is 4.54. The van der Waals surface area contributed by atoms with Gasteiger partial charge in [0.25, 0.3) is 0 Å². The number of aromatic nitrogens is 1. The highest BCUT2D eigenvalue weighted by Gasteiger charge is 2.13. The van der Waals surface area contributed by atoms with Crippen molar-refractivity contribution < 1.29 is 4.74 Å². The van der Waals surface area contributed by atoms with Gasteiger partial charge in [-0.2, -0.15) is 0 Å². The lowest BCUT2D eigenvalue weighted by molar-refractivity contribution is 0.463. The van der Waals surface area contributed by atoms with E-state index in [1.807, 2.05) is 31.2 Å². The molecule has 1 aromatic carbocycles. The molecule has 92 valence electrons. The molecule has 0 radical (unpaired) electrons. The highest BCUT2D eigenvalue weighted by molar-refractivity contribution is 5.58. The van der Waals surface area contributed by atoms with E-state index in [1.54, 1.807) is 0 Å². The molecule has 1 aliphatic carbocycles. The Hall–Kier alpha value is -2.03. The van der Waals surface area contributed by atoms with E-state index in [-0.39, 0.29) is 0 Å². The number of rotatable bonds is 2. The van der Waals surface area contributed by atoms with Crippen LogP contribution >= 0.6 is 0 Å². The quantitative estimate of drug-likeness (QED) is 0.820. The fraction of sp³-hybridized carbons (Fsp3) is 0.267. The first-order valence-electron chi connectivity index (χ1n) is 6.26. The molecular formula is C15H16N2O. The summed E-state index contributed by atoms with van der Waals surface area (Å²) < 4.78 is 5.78. The van der Waals surface area contributed by atoms with Gasteiger partial charge in [-0.05, 0) is 43.4 Å². The van der Waals surface area contributed by atoms with Crippen LogP contribution in [0.5, 0.6) is 11.6 Å². The van der Waals surface area contributed by atoms with Crippen LogP contribution in [0, 0.1) is 6.92 Å². The lowest BCUT2D eigenvalue weighted by Crippen LogP contribution is -1.97. The summed E-state index contributed by atoms with van der Waals surface area (Å²) in [5, 5.41) is 0. The van der Waals surface area contributed by atoms with Crippen molar-refractivity contribution >= 4 is 5.69 Å². The molecule has 2 aromatic rings. The van der Waals surface area contributed by atoms with Crippen molar-refractivity contribution in [2.24, 2.45) is 0 Å². The minimum absolute atomic E-state index is 0.632. The van der Waals surface area contributed by atoms with E-state index in [0.29, 0.717) is 17.3 Å². The van der Waals surface area contributed by atoms with Crippen LogP contribution in [-0.2, 0) is 12.8 Å². The smallest absolute Gasteiger partial charge is 0.219 e. The number of nitrogens with two attached hydrogens (primary N) is 1. The van der Waals surface area contributed by atoms with Crippen molar-refractivity contribution in [2.45, 2.75) is 26.2 Å². The zero-order valence-corrected chi connectivity index (χ0v) is 10.4. The standard InChI is InChI=1S/C15H16N2O/c1-10-4-2-7-13(15(10)16)18-14-9-8-11-5-3-6-12(11)17-14/h2,4,7-9H,3,5-6,16H2,1H3. The first-order valence-corrected chi connectivity index (χ1v) is 6.26. The van der Waals surface area contributed by atoms with Gasteiger partial charge in [0.2, 0.25) is 5.88 Å². The molecule has 0 saturated heterocycles. The molecule has 0 atom stereocenters. The number of fused-ring (bicyclic) bond motifs is 1. The fourth-order valence-corrected chi connectivity index (χ4v) is 2.31. The van der Waals surface area contributed by atoms with E-state index in [2.05, 4.69) is 11.1 Å². The van der Waals surface area contributed by atoms with Crippen molar-refractivity contribution in [2.75, 3.05) is 5.73 Å². The molecule has 1 heterocycles. The summed E-state index contributed by atoms with van der Waals surface area (Å²) in [5.74, 6) is 1.31. The van der Waals surface area contributed by atoms with Crippen LogP contribution in [0.25, 0.3) is 0 Å². The Balaban J connectivity index is 1.90. The van der Waals surface area contributed by atoms with Gasteiger partial charge in [-0.15, -0.1) is 0 Å². The van der Waals surface area contributed by atoms with Gasteiger partial charge in [0.05, 0.1) is 5.69 Å². The third-order valence-corrected chi connectivity index (χ3v) is 3.40. The largest absolute Gasteiger partial charge is 0.437 e. The highest BCUT2D eigenvalue weighted by Crippen LogP contribution is 2.30. The Morgan fingerprint density at radius 1 is 1.17 bits per heavy atom. The molecule has 3 heteroatoms. The zero-order valence-electron chi connectivity index (χ0n) is 10.4. The van der Waals surface area contributed by atoms with Gasteiger partial charge in [-0.1, -0.05) is 18.2 Å². The molecule has 0 amide bonds. The number of pyridine rings is 1. The number of benzene rings is 1. The average Bonchev–Trinajstić information content (AvgIpc) is 2.82. The third kappa shape index (κ3) is 1.92. The predicted molar refractivity (Wildman–Crippen MR) is 71.9 cm³/mol. The van der Waals surface area contributed by atoms with Crippen molar-refractivity contribution in [1.29, 1.82) is 0 Å². The fourth-order valence-electron chi connectivity index (χ4n) is 2.31. The first-order chi connectivity index (χ1) is 8.74. The van der Waals surface area contributed by atoms with E-state index in [0.717, 1.165) is 18.4 Å². The molecule has 1 aromatic heterocycles. The second kappa shape index (κ2) is 4.33. The molecule has 3 nitrogen and oxygen atoms in total. The first kappa shape index (κ1) is 11.1. The maximum Gasteiger partial charge on any atom is 0.219 e. The Morgan fingerprint density at radius 3 is 2.94 bits per heavy atom. The highest BCUT2D eigenvalue weighted by atomic mass is 16.5. The summed E-state index contributed by atoms with van der Waals surface area (Å²) in [5.41, 5.74) is 10.2. The Bertz CT molecular complexity index is 593. The summed E-state index contributed by atoms with van der Waals surface area (Å²) in [7, 11) is 0. The van der Waals surface area contributed by atoms with Crippen LogP contribution in [0.1, 0.15) is 23.2 Å². The van der Waals surface area contributed by atoms with Crippen LogP contribution in [-0.4, -0.2) is 4.98 Å². The second-order valence-electron chi connectivity index (χ2n) is 4.70. The topological polar surface area (TPSA) is 48.1 Å². The molecule has 1 aliphatic rings. The van der Waals surface area contributed by atoms with Gasteiger partial charge in [-0.25, -0.2) is 4.98 Å². The molecule has 0 fully saturated rings. The molecule has 0 bridgehead atoms. The van der Waals surface area contributed by atoms with Crippen molar-refractivity contribution in [3.05, 3.63) is 47.2 Å². The average molecular weight is 240 g/mol. The van der Waals surface area contributed by atoms with E-state index in [4.69, 9.17) is 10.5 Å². The lowest BCUT2D eigenvalue weighted by atomic mass is 10.2. The van der Waals surface area contributed by atoms with Gasteiger partial charge in [0.15, 0.2) is 5.75 Å². The Labute approximate surface area is 107 Å². The van der Waals surface area contributed by atoms with Crippen LogP contribution in [0.4, 0.5) is 5.69 Å². The van der Waals surface area contributed by atoms with Crippen molar-refractivity contribution in [1.82, 2.24) is 4.98 Å². The summed E-state index contributed by atoms with van der Waals surface area (Å²) in [6.07, 6.45) is 3.38. The monoisotopic (exact) mass is 240 g/mol. The number of hydrogen-bond acceptors (Lipinski definition) is 3. The second-order valence-corrected chi connectivity index (χ2v) is 4.70. The van der Waals surface area contributed by atoms with Crippen molar-refractivity contribution in [3.63, 3.8) is 0 Å². The summed E-state index contributed by atoms with van der Waals surface area (Å²) in [6.45, 7) is 1.97. The van der Waals surface area contributed by atoms with Crippen LogP contribution in [0.15, 0.2) is 30.3 Å². The molecule has 0 saturated carbocycles. The third-order valence-electron chi connectivity index (χ3n) is 3.40. The Morgan fingerprint density at radius 2 is 2.06 bits per heavy atom. The summed E-state index contributed by atoms with van der Waals surface area (Å²) in [6, 6.07) is 9.81. The van der Waals surface area contributed by atoms with Crippen LogP contribution in [0.3, 0.4) is 0 Å². The van der Waals surface area contributed by atoms with Gasteiger partial charge in [-0.3, -0.25) is 0 Å². The molecule has 0 spiro atoms. The minimum Gasteiger partial charge on any atom is -0.437 e. The van der Waals surface area contributed by atoms with Crippen LogP contribution < -0.4 is 10.5 Å². The zero-order chi connectivity index (χ0) is 12.5. The van der Waals surface area contributed by atoms with Gasteiger partial charge in [0.1, 0.15) is 0 Å². The molecule has 0 aliphatic heterocycles. The lowest BCUT2D eigenvalue weighted by Gasteiger charge is -2.10. The van der Waals surface area contributed by atoms with E-state index in [9.17, 15) is 0 Å². The molecule has 0 unspecified atom stereocenters. The number of aryl methyl sites for hydroxylation is 3. The minimum atomic E-state index is 0.632. The molecule has 3 rings (SSSR count). The molecule has 18 heavy (non-hydrogen) atoms. The number of anilines is 1. The van der Waals surface area contributed by atoms with Gasteiger partial charge >= 0.3 is 0 Å². The SMILES string of the molecule is Cc1cccc(Oc2ccc3c(n2)CCC3)c1N. The number of hydrogen-bond donors (Lipinski definition) is 1. The number of nitrogen functional groups attached to an aromatic ring is 1. The predicted octanol–water partition coefficient (Wildman–Crippen LogP) is 3.25. The van der Waals surface area contributed by atoms with Gasteiger partial charge in [0, 0.05) is 11.8 Å². The van der Waals surface area contributed by atoms with Crippen LogP contribution in [0.2, 0.25) is 0 Å². The summed E-state index contributed by atoms with van der Waals surface area (Å²) >= 11 is 0. The number of nitrogens with zero attached hydrogens (tertiary/aromatic N) is 1. The number of ether oxygens (including phenoxy) is 1. The van der Waals surface area contributed by atoms with E-state index in [1.165, 1.54) is 17.7 Å². The number of para-hydroxylation sites is 1. The van der Waals surface area contributed by atoms with Crippen molar-refractivity contribution in [3.8, 4) is 11.6 Å². The van der Waals surface area contributed by atoms with E-state index >= 15 is 0 Å². The Kier molecular flexibility index (Phi) is 2.67. The van der Waals surface area contributed by atoms with E-state index < -0.39 is 0 Å². The molecular weight excluding hydrogens is 224 g/mol. The normalized spacial score (nSPS) is 13.4. The molecule has 2 N–H and O–H groups in total. The maximum absolute atomic E-state index is 5.99. The van der Waals surface area contributed by atoms with Gasteiger partial charge < -0.3 is 10.5 Å². The maximum atomic E-state index is 5.99.